The number of ether oxygens (including phenoxy) is 1. The Morgan fingerprint density at radius 3 is 2.47 bits per heavy atom. The number of hydrogen-bond acceptors (Lipinski definition) is 4. The van der Waals surface area contributed by atoms with E-state index in [0.717, 1.165) is 6.42 Å². The first kappa shape index (κ1) is 11.9. The molecule has 1 rings (SSSR count). The van der Waals surface area contributed by atoms with Crippen molar-refractivity contribution in [1.29, 1.82) is 0 Å². The van der Waals surface area contributed by atoms with Gasteiger partial charge in [0.1, 0.15) is 11.7 Å². The molecule has 4 heteroatoms. The number of hydrogen-bond donors (Lipinski definition) is 0. The van der Waals surface area contributed by atoms with E-state index in [4.69, 9.17) is 0 Å². The summed E-state index contributed by atoms with van der Waals surface area (Å²) >= 11 is 0. The summed E-state index contributed by atoms with van der Waals surface area (Å²) in [5.74, 6) is -2.06. The number of carbonyl (C=O) groups is 3. The van der Waals surface area contributed by atoms with E-state index < -0.39 is 17.8 Å². The van der Waals surface area contributed by atoms with Crippen molar-refractivity contribution in [2.75, 3.05) is 7.11 Å². The van der Waals surface area contributed by atoms with Crippen LogP contribution in [0.5, 0.6) is 0 Å². The number of methoxy groups -OCH3 is 1. The minimum Gasteiger partial charge on any atom is -0.468 e. The largest absolute Gasteiger partial charge is 0.468 e. The fraction of sp³-hybridized carbons (Fsp3) is 0.727. The van der Waals surface area contributed by atoms with E-state index in [9.17, 15) is 14.4 Å². The van der Waals surface area contributed by atoms with Crippen LogP contribution in [0.25, 0.3) is 0 Å². The van der Waals surface area contributed by atoms with Gasteiger partial charge in [0.05, 0.1) is 13.0 Å². The third-order valence-electron chi connectivity index (χ3n) is 2.80. The number of carbonyl (C=O) groups excluding carboxylic acids is 3. The van der Waals surface area contributed by atoms with Crippen LogP contribution >= 0.6 is 0 Å². The van der Waals surface area contributed by atoms with Gasteiger partial charge < -0.3 is 4.74 Å². The van der Waals surface area contributed by atoms with Crippen molar-refractivity contribution in [3.63, 3.8) is 0 Å². The van der Waals surface area contributed by atoms with Crippen LogP contribution in [0.4, 0.5) is 0 Å². The predicted molar refractivity (Wildman–Crippen MR) is 53.2 cm³/mol. The lowest BCUT2D eigenvalue weighted by atomic mass is 9.96. The summed E-state index contributed by atoms with van der Waals surface area (Å²) in [5.41, 5.74) is 0. The van der Waals surface area contributed by atoms with Crippen LogP contribution in [0.3, 0.4) is 0 Å². The smallest absolute Gasteiger partial charge is 0.316 e. The second kappa shape index (κ2) is 5.05. The summed E-state index contributed by atoms with van der Waals surface area (Å²) in [4.78, 5) is 34.4. The molecule has 0 amide bonds. The van der Waals surface area contributed by atoms with Gasteiger partial charge in [0, 0.05) is 6.42 Å². The van der Waals surface area contributed by atoms with Gasteiger partial charge >= 0.3 is 5.97 Å². The number of ketones is 2. The van der Waals surface area contributed by atoms with Crippen molar-refractivity contribution in [2.24, 2.45) is 11.8 Å². The van der Waals surface area contributed by atoms with Crippen LogP contribution in [0, 0.1) is 11.8 Å². The van der Waals surface area contributed by atoms with E-state index in [1.807, 2.05) is 6.92 Å². The lowest BCUT2D eigenvalue weighted by Gasteiger charge is -2.07. The zero-order chi connectivity index (χ0) is 11.4. The summed E-state index contributed by atoms with van der Waals surface area (Å²) in [5, 5.41) is 0. The van der Waals surface area contributed by atoms with Gasteiger partial charge in [-0.3, -0.25) is 14.4 Å². The molecule has 0 saturated heterocycles. The van der Waals surface area contributed by atoms with E-state index in [2.05, 4.69) is 4.74 Å². The van der Waals surface area contributed by atoms with E-state index >= 15 is 0 Å². The molecular weight excluding hydrogens is 196 g/mol. The average molecular weight is 212 g/mol. The molecule has 0 radical (unpaired) electrons. The molecule has 0 aromatic heterocycles. The molecular formula is C11H16O4. The van der Waals surface area contributed by atoms with Gasteiger partial charge in [-0.15, -0.1) is 0 Å². The molecule has 0 bridgehead atoms. The Kier molecular flexibility index (Phi) is 4.00. The molecule has 0 heterocycles. The molecule has 0 aromatic rings. The molecule has 0 aliphatic heterocycles. The molecule has 0 N–H and O–H groups in total. The Morgan fingerprint density at radius 2 is 1.93 bits per heavy atom. The van der Waals surface area contributed by atoms with Crippen molar-refractivity contribution < 1.29 is 19.1 Å². The number of rotatable bonds is 4. The van der Waals surface area contributed by atoms with Gasteiger partial charge in [-0.25, -0.2) is 0 Å². The summed E-state index contributed by atoms with van der Waals surface area (Å²) < 4.78 is 4.52. The Balaban J connectivity index is 2.64. The zero-order valence-electron chi connectivity index (χ0n) is 9.12. The summed E-state index contributed by atoms with van der Waals surface area (Å²) in [6.45, 7) is 1.90. The van der Waals surface area contributed by atoms with Crippen molar-refractivity contribution >= 4 is 17.5 Å². The highest BCUT2D eigenvalue weighted by Crippen LogP contribution is 2.29. The van der Waals surface area contributed by atoms with Crippen LogP contribution < -0.4 is 0 Å². The van der Waals surface area contributed by atoms with Gasteiger partial charge in [-0.05, 0) is 19.3 Å². The molecule has 15 heavy (non-hydrogen) atoms. The second-order valence-corrected chi connectivity index (χ2v) is 3.82. The molecule has 2 unspecified atom stereocenters. The molecule has 4 nitrogen and oxygen atoms in total. The Morgan fingerprint density at radius 1 is 1.33 bits per heavy atom. The number of Topliss-reactive ketones (excluding diaryl/α,β-unsaturated/α-hetero) is 2. The van der Waals surface area contributed by atoms with Crippen LogP contribution in [-0.4, -0.2) is 24.6 Å². The quantitative estimate of drug-likeness (QED) is 0.517. The standard InChI is InChI=1S/C11H16O4/c1-3-4-9(12)7-5-6-8(10(7)13)11(14)15-2/h7-8H,3-6H2,1-2H3. The highest BCUT2D eigenvalue weighted by molar-refractivity contribution is 6.11. The van der Waals surface area contributed by atoms with Crippen LogP contribution in [0.15, 0.2) is 0 Å². The Hall–Kier alpha value is -1.19. The monoisotopic (exact) mass is 212 g/mol. The van der Waals surface area contributed by atoms with Gasteiger partial charge in [-0.1, -0.05) is 6.92 Å². The maximum Gasteiger partial charge on any atom is 0.316 e. The molecule has 2 atom stereocenters. The molecule has 0 aromatic carbocycles. The van der Waals surface area contributed by atoms with Crippen molar-refractivity contribution in [3.05, 3.63) is 0 Å². The predicted octanol–water partition coefficient (Wildman–Crippen LogP) is 1.12. The second-order valence-electron chi connectivity index (χ2n) is 3.82. The van der Waals surface area contributed by atoms with Crippen LogP contribution in [0.2, 0.25) is 0 Å². The van der Waals surface area contributed by atoms with Crippen molar-refractivity contribution in [2.45, 2.75) is 32.6 Å². The minimum atomic E-state index is -0.708. The molecule has 1 aliphatic carbocycles. The first-order valence-electron chi connectivity index (χ1n) is 5.26. The maximum atomic E-state index is 11.7. The third-order valence-corrected chi connectivity index (χ3v) is 2.80. The van der Waals surface area contributed by atoms with Gasteiger partial charge in [0.15, 0.2) is 5.78 Å². The summed E-state index contributed by atoms with van der Waals surface area (Å²) in [6.07, 6.45) is 2.11. The highest BCUT2D eigenvalue weighted by atomic mass is 16.5. The maximum absolute atomic E-state index is 11.7. The first-order valence-corrected chi connectivity index (χ1v) is 5.26. The van der Waals surface area contributed by atoms with Gasteiger partial charge in [0.25, 0.3) is 0 Å². The highest BCUT2D eigenvalue weighted by Gasteiger charge is 2.42. The summed E-state index contributed by atoms with van der Waals surface area (Å²) in [6, 6.07) is 0. The fourth-order valence-corrected chi connectivity index (χ4v) is 1.98. The van der Waals surface area contributed by atoms with Crippen LogP contribution in [-0.2, 0) is 19.1 Å². The van der Waals surface area contributed by atoms with Gasteiger partial charge in [-0.2, -0.15) is 0 Å². The van der Waals surface area contributed by atoms with Gasteiger partial charge in [0.2, 0.25) is 0 Å². The van der Waals surface area contributed by atoms with E-state index in [-0.39, 0.29) is 11.6 Å². The Labute approximate surface area is 89.0 Å². The van der Waals surface area contributed by atoms with E-state index in [1.165, 1.54) is 7.11 Å². The average Bonchev–Trinajstić information content (AvgIpc) is 2.59. The summed E-state index contributed by atoms with van der Waals surface area (Å²) in [7, 11) is 1.26. The minimum absolute atomic E-state index is 0.0334. The molecule has 1 aliphatic rings. The SMILES string of the molecule is CCCC(=O)C1CCC(C(=O)OC)C1=O. The lowest BCUT2D eigenvalue weighted by Crippen LogP contribution is -2.27. The number of esters is 1. The molecule has 1 saturated carbocycles. The zero-order valence-corrected chi connectivity index (χ0v) is 9.12. The first-order chi connectivity index (χ1) is 7.11. The normalized spacial score (nSPS) is 25.3. The van der Waals surface area contributed by atoms with E-state index in [1.54, 1.807) is 0 Å². The van der Waals surface area contributed by atoms with Crippen molar-refractivity contribution in [1.82, 2.24) is 0 Å². The molecule has 1 fully saturated rings. The fourth-order valence-electron chi connectivity index (χ4n) is 1.98. The Bertz CT molecular complexity index is 282. The lowest BCUT2D eigenvalue weighted by molar-refractivity contribution is -0.149. The van der Waals surface area contributed by atoms with Crippen molar-refractivity contribution in [3.8, 4) is 0 Å². The molecule has 0 spiro atoms. The topological polar surface area (TPSA) is 60.4 Å². The van der Waals surface area contributed by atoms with Crippen LogP contribution in [0.1, 0.15) is 32.6 Å². The molecule has 84 valence electrons. The third kappa shape index (κ3) is 2.43. The van der Waals surface area contributed by atoms with E-state index in [0.29, 0.717) is 19.3 Å².